The van der Waals surface area contributed by atoms with Crippen molar-refractivity contribution in [1.29, 1.82) is 5.26 Å². The van der Waals surface area contributed by atoms with Gasteiger partial charge in [0.2, 0.25) is 0 Å². The molecule has 1 heterocycles. The SMILES string of the molecule is N#Cc1ccccc1OCCN1CCCC(CO)C1. The lowest BCUT2D eigenvalue weighted by molar-refractivity contribution is 0.107. The van der Waals surface area contributed by atoms with Crippen molar-refractivity contribution in [3.8, 4) is 11.8 Å². The molecule has 1 aliphatic rings. The summed E-state index contributed by atoms with van der Waals surface area (Å²) in [6.45, 7) is 3.71. The highest BCUT2D eigenvalue weighted by Crippen LogP contribution is 2.18. The van der Waals surface area contributed by atoms with Crippen molar-refractivity contribution in [3.63, 3.8) is 0 Å². The number of nitrogens with zero attached hydrogens (tertiary/aromatic N) is 2. The third-order valence-electron chi connectivity index (χ3n) is 3.53. The lowest BCUT2D eigenvalue weighted by Gasteiger charge is -2.31. The molecule has 0 aliphatic carbocycles. The largest absolute Gasteiger partial charge is 0.491 e. The molecule has 0 bridgehead atoms. The van der Waals surface area contributed by atoms with Gasteiger partial charge in [0.1, 0.15) is 18.4 Å². The van der Waals surface area contributed by atoms with Crippen LogP contribution in [-0.4, -0.2) is 42.9 Å². The number of piperidine rings is 1. The Bertz CT molecular complexity index is 442. The molecule has 1 aliphatic heterocycles. The van der Waals surface area contributed by atoms with Crippen LogP contribution < -0.4 is 4.74 Å². The molecule has 1 fully saturated rings. The average Bonchev–Trinajstić information content (AvgIpc) is 2.48. The van der Waals surface area contributed by atoms with Gasteiger partial charge in [-0.05, 0) is 37.4 Å². The zero-order valence-electron chi connectivity index (χ0n) is 11.1. The summed E-state index contributed by atoms with van der Waals surface area (Å²) in [5.74, 6) is 1.06. The molecule has 102 valence electrons. The van der Waals surface area contributed by atoms with E-state index in [9.17, 15) is 5.11 Å². The van der Waals surface area contributed by atoms with Crippen LogP contribution >= 0.6 is 0 Å². The van der Waals surface area contributed by atoms with Gasteiger partial charge in [0.15, 0.2) is 0 Å². The number of rotatable bonds is 5. The van der Waals surface area contributed by atoms with Gasteiger partial charge in [-0.3, -0.25) is 4.90 Å². The highest BCUT2D eigenvalue weighted by molar-refractivity contribution is 5.42. The number of aliphatic hydroxyl groups is 1. The van der Waals surface area contributed by atoms with E-state index in [0.29, 0.717) is 23.8 Å². The van der Waals surface area contributed by atoms with Crippen LogP contribution in [0.3, 0.4) is 0 Å². The lowest BCUT2D eigenvalue weighted by atomic mass is 9.99. The third-order valence-corrected chi connectivity index (χ3v) is 3.53. The monoisotopic (exact) mass is 260 g/mol. The van der Waals surface area contributed by atoms with Gasteiger partial charge in [-0.15, -0.1) is 0 Å². The normalized spacial score (nSPS) is 19.9. The fourth-order valence-electron chi connectivity index (χ4n) is 2.47. The van der Waals surface area contributed by atoms with Gasteiger partial charge in [0, 0.05) is 19.7 Å². The third kappa shape index (κ3) is 3.95. The number of nitriles is 1. The van der Waals surface area contributed by atoms with E-state index in [4.69, 9.17) is 10.00 Å². The number of likely N-dealkylation sites (tertiary alicyclic amines) is 1. The van der Waals surface area contributed by atoms with Gasteiger partial charge in [-0.2, -0.15) is 5.26 Å². The number of hydrogen-bond donors (Lipinski definition) is 1. The lowest BCUT2D eigenvalue weighted by Crippen LogP contribution is -2.39. The molecule has 19 heavy (non-hydrogen) atoms. The fraction of sp³-hybridized carbons (Fsp3) is 0.533. The summed E-state index contributed by atoms with van der Waals surface area (Å²) in [6.07, 6.45) is 2.26. The van der Waals surface area contributed by atoms with Crippen LogP contribution in [0.1, 0.15) is 18.4 Å². The van der Waals surface area contributed by atoms with Gasteiger partial charge in [0.25, 0.3) is 0 Å². The van der Waals surface area contributed by atoms with Crippen LogP contribution in [0.15, 0.2) is 24.3 Å². The molecule has 0 amide bonds. The van der Waals surface area contributed by atoms with Crippen molar-refractivity contribution in [2.24, 2.45) is 5.92 Å². The summed E-state index contributed by atoms with van der Waals surface area (Å²) in [6, 6.07) is 9.42. The second-order valence-electron chi connectivity index (χ2n) is 4.95. The van der Waals surface area contributed by atoms with Gasteiger partial charge in [0.05, 0.1) is 5.56 Å². The Labute approximate surface area is 114 Å². The number of benzene rings is 1. The fourth-order valence-corrected chi connectivity index (χ4v) is 2.47. The van der Waals surface area contributed by atoms with Crippen LogP contribution in [0.25, 0.3) is 0 Å². The van der Waals surface area contributed by atoms with Crippen LogP contribution in [-0.2, 0) is 0 Å². The summed E-state index contributed by atoms with van der Waals surface area (Å²) >= 11 is 0. The molecular weight excluding hydrogens is 240 g/mol. The molecule has 0 spiro atoms. The summed E-state index contributed by atoms with van der Waals surface area (Å²) in [7, 11) is 0. The van der Waals surface area contributed by atoms with Crippen molar-refractivity contribution in [3.05, 3.63) is 29.8 Å². The maximum atomic E-state index is 9.19. The Morgan fingerprint density at radius 1 is 1.42 bits per heavy atom. The van der Waals surface area contributed by atoms with E-state index in [1.165, 1.54) is 0 Å². The van der Waals surface area contributed by atoms with E-state index in [-0.39, 0.29) is 6.61 Å². The van der Waals surface area contributed by atoms with E-state index in [1.807, 2.05) is 18.2 Å². The van der Waals surface area contributed by atoms with Gasteiger partial charge in [-0.25, -0.2) is 0 Å². The van der Waals surface area contributed by atoms with Crippen LogP contribution in [0.4, 0.5) is 0 Å². The second-order valence-corrected chi connectivity index (χ2v) is 4.95. The molecule has 1 aromatic carbocycles. The summed E-state index contributed by atoms with van der Waals surface area (Å²) in [4.78, 5) is 2.32. The molecule has 4 heteroatoms. The molecule has 1 N–H and O–H groups in total. The first-order chi connectivity index (χ1) is 9.33. The highest BCUT2D eigenvalue weighted by Gasteiger charge is 2.18. The van der Waals surface area contributed by atoms with E-state index < -0.39 is 0 Å². The smallest absolute Gasteiger partial charge is 0.137 e. The predicted molar refractivity (Wildman–Crippen MR) is 72.9 cm³/mol. The van der Waals surface area contributed by atoms with E-state index in [0.717, 1.165) is 32.5 Å². The first-order valence-corrected chi connectivity index (χ1v) is 6.78. The van der Waals surface area contributed by atoms with Gasteiger partial charge >= 0.3 is 0 Å². The minimum atomic E-state index is 0.272. The Hall–Kier alpha value is -1.57. The zero-order valence-corrected chi connectivity index (χ0v) is 11.1. The Morgan fingerprint density at radius 2 is 2.26 bits per heavy atom. The maximum absolute atomic E-state index is 9.19. The minimum absolute atomic E-state index is 0.272. The number of aliphatic hydroxyl groups excluding tert-OH is 1. The Balaban J connectivity index is 1.79. The first-order valence-electron chi connectivity index (χ1n) is 6.78. The van der Waals surface area contributed by atoms with Gasteiger partial charge < -0.3 is 9.84 Å². The van der Waals surface area contributed by atoms with Crippen molar-refractivity contribution in [2.45, 2.75) is 12.8 Å². The summed E-state index contributed by atoms with van der Waals surface area (Å²) < 4.78 is 5.67. The first kappa shape index (κ1) is 13.9. The van der Waals surface area contributed by atoms with Crippen molar-refractivity contribution >= 4 is 0 Å². The summed E-state index contributed by atoms with van der Waals surface area (Å²) in [5.41, 5.74) is 0.578. The summed E-state index contributed by atoms with van der Waals surface area (Å²) in [5, 5.41) is 18.2. The molecule has 1 aromatic rings. The number of hydrogen-bond acceptors (Lipinski definition) is 4. The molecule has 4 nitrogen and oxygen atoms in total. The standard InChI is InChI=1S/C15H20N2O2/c16-10-14-5-1-2-6-15(14)19-9-8-17-7-3-4-13(11-17)12-18/h1-2,5-6,13,18H,3-4,7-9,11-12H2. The number of ether oxygens (including phenoxy) is 1. The molecule has 0 radical (unpaired) electrons. The van der Waals surface area contributed by atoms with Crippen LogP contribution in [0.5, 0.6) is 5.75 Å². The predicted octanol–water partition coefficient (Wildman–Crippen LogP) is 1.64. The average molecular weight is 260 g/mol. The van der Waals surface area contributed by atoms with Crippen LogP contribution in [0, 0.1) is 17.2 Å². The topological polar surface area (TPSA) is 56.5 Å². The molecule has 1 saturated heterocycles. The minimum Gasteiger partial charge on any atom is -0.491 e. The molecule has 0 aromatic heterocycles. The quantitative estimate of drug-likeness (QED) is 0.874. The van der Waals surface area contributed by atoms with Crippen molar-refractivity contribution in [1.82, 2.24) is 4.90 Å². The zero-order chi connectivity index (χ0) is 13.5. The molecule has 0 saturated carbocycles. The molecule has 1 unspecified atom stereocenters. The maximum Gasteiger partial charge on any atom is 0.137 e. The van der Waals surface area contributed by atoms with Gasteiger partial charge in [-0.1, -0.05) is 12.1 Å². The van der Waals surface area contributed by atoms with Crippen molar-refractivity contribution < 1.29 is 9.84 Å². The molecule has 1 atom stereocenters. The Kier molecular flexibility index (Phi) is 5.20. The van der Waals surface area contributed by atoms with E-state index >= 15 is 0 Å². The van der Waals surface area contributed by atoms with E-state index in [1.54, 1.807) is 6.07 Å². The van der Waals surface area contributed by atoms with Crippen molar-refractivity contribution in [2.75, 3.05) is 32.8 Å². The molecule has 2 rings (SSSR count). The molecular formula is C15H20N2O2. The highest BCUT2D eigenvalue weighted by atomic mass is 16.5. The second kappa shape index (κ2) is 7.13. The Morgan fingerprint density at radius 3 is 3.05 bits per heavy atom. The van der Waals surface area contributed by atoms with Crippen LogP contribution in [0.2, 0.25) is 0 Å². The van der Waals surface area contributed by atoms with E-state index in [2.05, 4.69) is 11.0 Å². The number of para-hydroxylation sites is 1.